The molecule has 1 aliphatic heterocycles. The van der Waals surface area contributed by atoms with Crippen LogP contribution in [0.25, 0.3) is 0 Å². The van der Waals surface area contributed by atoms with Gasteiger partial charge in [-0.25, -0.2) is 0 Å². The zero-order chi connectivity index (χ0) is 11.1. The van der Waals surface area contributed by atoms with Gasteiger partial charge in [0.25, 0.3) is 0 Å². The van der Waals surface area contributed by atoms with E-state index in [0.29, 0.717) is 11.3 Å². The van der Waals surface area contributed by atoms with Crippen LogP contribution in [0.15, 0.2) is 24.3 Å². The molecule has 0 spiro atoms. The minimum absolute atomic E-state index is 0.372. The van der Waals surface area contributed by atoms with Gasteiger partial charge in [-0.2, -0.15) is 0 Å². The Labute approximate surface area is 93.1 Å². The highest BCUT2D eigenvalue weighted by atomic mass is 15.1. The van der Waals surface area contributed by atoms with E-state index in [-0.39, 0.29) is 0 Å². The SMILES string of the molecule is CN1CCC(C(C)(C)C)c2ccccc21. The van der Waals surface area contributed by atoms with E-state index in [1.807, 2.05) is 0 Å². The first-order valence-electron chi connectivity index (χ1n) is 5.80. The first-order chi connectivity index (χ1) is 7.00. The number of fused-ring (bicyclic) bond motifs is 1. The highest BCUT2D eigenvalue weighted by molar-refractivity contribution is 5.56. The quantitative estimate of drug-likeness (QED) is 0.622. The summed E-state index contributed by atoms with van der Waals surface area (Å²) in [5.41, 5.74) is 3.32. The Morgan fingerprint density at radius 2 is 1.87 bits per heavy atom. The Morgan fingerprint density at radius 3 is 2.53 bits per heavy atom. The summed E-state index contributed by atoms with van der Waals surface area (Å²) in [5.74, 6) is 0.699. The van der Waals surface area contributed by atoms with E-state index >= 15 is 0 Å². The van der Waals surface area contributed by atoms with Crippen LogP contribution in [0.4, 0.5) is 5.69 Å². The topological polar surface area (TPSA) is 3.24 Å². The molecule has 0 saturated heterocycles. The fraction of sp³-hybridized carbons (Fsp3) is 0.571. The lowest BCUT2D eigenvalue weighted by Gasteiger charge is -2.39. The van der Waals surface area contributed by atoms with Gasteiger partial charge in [0.1, 0.15) is 0 Å². The lowest BCUT2D eigenvalue weighted by atomic mass is 9.72. The molecule has 2 rings (SSSR count). The van der Waals surface area contributed by atoms with E-state index in [4.69, 9.17) is 0 Å². The second-order valence-electron chi connectivity index (χ2n) is 5.69. The summed E-state index contributed by atoms with van der Waals surface area (Å²) in [4.78, 5) is 2.37. The standard InChI is InChI=1S/C14H21N/c1-14(2,3)12-9-10-15(4)13-8-6-5-7-11(12)13/h5-8,12H,9-10H2,1-4H3. The fourth-order valence-electron chi connectivity index (χ4n) is 2.63. The van der Waals surface area contributed by atoms with E-state index in [1.54, 1.807) is 0 Å². The zero-order valence-electron chi connectivity index (χ0n) is 10.2. The van der Waals surface area contributed by atoms with E-state index in [2.05, 4.69) is 57.0 Å². The summed E-state index contributed by atoms with van der Waals surface area (Å²) >= 11 is 0. The Hall–Kier alpha value is -0.980. The Kier molecular flexibility index (Phi) is 2.49. The molecule has 82 valence electrons. The number of rotatable bonds is 0. The summed E-state index contributed by atoms with van der Waals surface area (Å²) in [6.45, 7) is 8.22. The average molecular weight is 203 g/mol. The first-order valence-corrected chi connectivity index (χ1v) is 5.80. The normalized spacial score (nSPS) is 21.3. The van der Waals surface area contributed by atoms with Crippen LogP contribution in [-0.2, 0) is 0 Å². The van der Waals surface area contributed by atoms with Crippen molar-refractivity contribution in [3.8, 4) is 0 Å². The van der Waals surface area contributed by atoms with Crippen molar-refractivity contribution in [2.45, 2.75) is 33.1 Å². The molecule has 0 fully saturated rings. The Morgan fingerprint density at radius 1 is 1.20 bits per heavy atom. The van der Waals surface area contributed by atoms with Crippen molar-refractivity contribution in [1.29, 1.82) is 0 Å². The second-order valence-corrected chi connectivity index (χ2v) is 5.69. The summed E-state index contributed by atoms with van der Waals surface area (Å²) in [7, 11) is 2.19. The molecule has 0 radical (unpaired) electrons. The third-order valence-electron chi connectivity index (χ3n) is 3.52. The lowest BCUT2D eigenvalue weighted by Crippen LogP contribution is -2.32. The van der Waals surface area contributed by atoms with Crippen molar-refractivity contribution in [3.63, 3.8) is 0 Å². The number of benzene rings is 1. The molecule has 1 unspecified atom stereocenters. The van der Waals surface area contributed by atoms with Crippen LogP contribution in [-0.4, -0.2) is 13.6 Å². The van der Waals surface area contributed by atoms with Gasteiger partial charge in [-0.3, -0.25) is 0 Å². The van der Waals surface area contributed by atoms with Crippen LogP contribution in [0.2, 0.25) is 0 Å². The molecule has 1 aromatic rings. The van der Waals surface area contributed by atoms with Gasteiger partial charge in [0.15, 0.2) is 0 Å². The minimum Gasteiger partial charge on any atom is -0.374 e. The predicted octanol–water partition coefficient (Wildman–Crippen LogP) is 3.66. The second kappa shape index (κ2) is 3.55. The van der Waals surface area contributed by atoms with Crippen LogP contribution in [0.3, 0.4) is 0 Å². The van der Waals surface area contributed by atoms with Crippen molar-refractivity contribution < 1.29 is 0 Å². The maximum Gasteiger partial charge on any atom is 0.0399 e. The van der Waals surface area contributed by atoms with Gasteiger partial charge in [0.05, 0.1) is 0 Å². The molecule has 1 atom stereocenters. The van der Waals surface area contributed by atoms with Crippen LogP contribution in [0.5, 0.6) is 0 Å². The maximum atomic E-state index is 2.37. The smallest absolute Gasteiger partial charge is 0.0399 e. The van der Waals surface area contributed by atoms with E-state index in [0.717, 1.165) is 0 Å². The minimum atomic E-state index is 0.372. The van der Waals surface area contributed by atoms with Crippen molar-refractivity contribution in [2.24, 2.45) is 5.41 Å². The van der Waals surface area contributed by atoms with Crippen LogP contribution >= 0.6 is 0 Å². The lowest BCUT2D eigenvalue weighted by molar-refractivity contribution is 0.300. The van der Waals surface area contributed by atoms with Crippen LogP contribution < -0.4 is 4.90 Å². The van der Waals surface area contributed by atoms with Gasteiger partial charge in [0, 0.05) is 19.3 Å². The molecule has 0 N–H and O–H groups in total. The number of anilines is 1. The van der Waals surface area contributed by atoms with E-state index in [1.165, 1.54) is 24.2 Å². The average Bonchev–Trinajstić information content (AvgIpc) is 2.17. The molecule has 0 saturated carbocycles. The number of para-hydroxylation sites is 1. The Bertz CT molecular complexity index is 349. The van der Waals surface area contributed by atoms with Crippen LogP contribution in [0, 0.1) is 5.41 Å². The van der Waals surface area contributed by atoms with Crippen molar-refractivity contribution >= 4 is 5.69 Å². The summed E-state index contributed by atoms with van der Waals surface area (Å²) in [5, 5.41) is 0. The number of hydrogen-bond acceptors (Lipinski definition) is 1. The molecule has 1 heteroatoms. The molecule has 0 aromatic heterocycles. The fourth-order valence-corrected chi connectivity index (χ4v) is 2.63. The molecule has 15 heavy (non-hydrogen) atoms. The Balaban J connectivity index is 2.45. The highest BCUT2D eigenvalue weighted by Crippen LogP contribution is 2.44. The van der Waals surface area contributed by atoms with E-state index in [9.17, 15) is 0 Å². The van der Waals surface area contributed by atoms with Gasteiger partial charge in [-0.05, 0) is 29.4 Å². The van der Waals surface area contributed by atoms with Crippen molar-refractivity contribution in [1.82, 2.24) is 0 Å². The number of hydrogen-bond donors (Lipinski definition) is 0. The van der Waals surface area contributed by atoms with Crippen molar-refractivity contribution in [2.75, 3.05) is 18.5 Å². The molecule has 0 bridgehead atoms. The molecular weight excluding hydrogens is 182 g/mol. The van der Waals surface area contributed by atoms with Gasteiger partial charge in [-0.1, -0.05) is 39.0 Å². The molecule has 0 aliphatic carbocycles. The highest BCUT2D eigenvalue weighted by Gasteiger charge is 2.31. The van der Waals surface area contributed by atoms with E-state index < -0.39 is 0 Å². The largest absolute Gasteiger partial charge is 0.374 e. The monoisotopic (exact) mass is 203 g/mol. The zero-order valence-corrected chi connectivity index (χ0v) is 10.2. The van der Waals surface area contributed by atoms with Gasteiger partial charge < -0.3 is 4.90 Å². The molecule has 1 nitrogen and oxygen atoms in total. The molecule has 1 heterocycles. The maximum absolute atomic E-state index is 2.37. The van der Waals surface area contributed by atoms with Gasteiger partial charge in [-0.15, -0.1) is 0 Å². The third kappa shape index (κ3) is 1.88. The third-order valence-corrected chi connectivity index (χ3v) is 3.52. The number of nitrogens with zero attached hydrogens (tertiary/aromatic N) is 1. The predicted molar refractivity (Wildman–Crippen MR) is 66.5 cm³/mol. The molecular formula is C14H21N. The first kappa shape index (κ1) is 10.5. The van der Waals surface area contributed by atoms with Crippen molar-refractivity contribution in [3.05, 3.63) is 29.8 Å². The molecule has 1 aromatic carbocycles. The van der Waals surface area contributed by atoms with Gasteiger partial charge in [0.2, 0.25) is 0 Å². The van der Waals surface area contributed by atoms with Crippen LogP contribution in [0.1, 0.15) is 38.7 Å². The van der Waals surface area contributed by atoms with Gasteiger partial charge >= 0.3 is 0 Å². The summed E-state index contributed by atoms with van der Waals surface area (Å²) in [6.07, 6.45) is 1.27. The summed E-state index contributed by atoms with van der Waals surface area (Å²) < 4.78 is 0. The molecule has 0 amide bonds. The molecule has 1 aliphatic rings. The summed E-state index contributed by atoms with van der Waals surface area (Å²) in [6, 6.07) is 8.84.